The lowest BCUT2D eigenvalue weighted by Crippen LogP contribution is -2.78. The van der Waals surface area contributed by atoms with Gasteiger partial charge in [0.05, 0.1) is 0 Å². The van der Waals surface area contributed by atoms with Crippen molar-refractivity contribution in [3.63, 3.8) is 0 Å². The average Bonchev–Trinajstić information content (AvgIpc) is 3.15. The Labute approximate surface area is 204 Å². The number of ether oxygens (including phenoxy) is 1. The molecular weight excluding hydrogens is 473 g/mol. The predicted octanol–water partition coefficient (Wildman–Crippen LogP) is 5.19. The van der Waals surface area contributed by atoms with Crippen LogP contribution in [0.15, 0.2) is 30.6 Å². The minimum Gasteiger partial charge on any atom is -0.360 e. The summed E-state index contributed by atoms with van der Waals surface area (Å²) in [5.41, 5.74) is 0.893. The van der Waals surface area contributed by atoms with Crippen molar-refractivity contribution in [2.45, 2.75) is 87.6 Å². The quantitative estimate of drug-likeness (QED) is 0.365. The van der Waals surface area contributed by atoms with Crippen LogP contribution in [0.2, 0.25) is 25.7 Å². The predicted molar refractivity (Wildman–Crippen MR) is 128 cm³/mol. The second-order valence-corrected chi connectivity index (χ2v) is 17.4. The van der Waals surface area contributed by atoms with Crippen molar-refractivity contribution in [3.8, 4) is 0 Å². The summed E-state index contributed by atoms with van der Waals surface area (Å²) in [4.78, 5) is 19.3. The van der Waals surface area contributed by atoms with Gasteiger partial charge in [0.2, 0.25) is 5.91 Å². The van der Waals surface area contributed by atoms with Gasteiger partial charge in [0.15, 0.2) is 5.69 Å². The van der Waals surface area contributed by atoms with Crippen molar-refractivity contribution in [2.24, 2.45) is 0 Å². The van der Waals surface area contributed by atoms with Crippen LogP contribution in [0.1, 0.15) is 55.0 Å². The van der Waals surface area contributed by atoms with Crippen LogP contribution in [0.3, 0.4) is 0 Å². The number of aromatic nitrogens is 3. The van der Waals surface area contributed by atoms with Gasteiger partial charge >= 0.3 is 6.18 Å². The topological polar surface area (TPSA) is 60.2 Å². The van der Waals surface area contributed by atoms with Crippen molar-refractivity contribution in [1.82, 2.24) is 19.7 Å². The zero-order valence-corrected chi connectivity index (χ0v) is 21.6. The molecule has 0 N–H and O–H groups in total. The number of alkyl halides is 3. The number of halogens is 3. The Balaban J connectivity index is 1.24. The maximum Gasteiger partial charge on any atom is 0.435 e. The lowest BCUT2D eigenvalue weighted by Gasteiger charge is -2.74. The van der Waals surface area contributed by atoms with E-state index in [9.17, 15) is 18.0 Å². The minimum absolute atomic E-state index is 0.0251. The molecule has 6 nitrogen and oxygen atoms in total. The van der Waals surface area contributed by atoms with E-state index in [2.05, 4.69) is 41.9 Å². The highest BCUT2D eigenvalue weighted by atomic mass is 28.3. The molecule has 2 aromatic heterocycles. The Kier molecular flexibility index (Phi) is 5.90. The smallest absolute Gasteiger partial charge is 0.360 e. The first kappa shape index (κ1) is 24.5. The van der Waals surface area contributed by atoms with Crippen molar-refractivity contribution < 1.29 is 22.7 Å². The molecule has 1 atom stereocenters. The molecule has 190 valence electrons. The number of carbonyl (C=O) groups excluding carboxylic acids is 1. The molecular formula is C25H33F3N4O2Si. The van der Waals surface area contributed by atoms with E-state index in [4.69, 9.17) is 4.74 Å². The summed E-state index contributed by atoms with van der Waals surface area (Å²) in [6.07, 6.45) is 2.81. The van der Waals surface area contributed by atoms with E-state index in [0.29, 0.717) is 25.3 Å². The maximum absolute atomic E-state index is 13.4. The Morgan fingerprint density at radius 2 is 1.86 bits per heavy atom. The number of hydrogen-bond donors (Lipinski definition) is 0. The number of amides is 1. The Hall–Kier alpha value is -2.20. The lowest BCUT2D eigenvalue weighted by atomic mass is 9.37. The molecule has 6 rings (SSSR count). The Bertz CT molecular complexity index is 1080. The van der Waals surface area contributed by atoms with Crippen LogP contribution in [0.4, 0.5) is 13.2 Å². The highest BCUT2D eigenvalue weighted by Gasteiger charge is 2.71. The Morgan fingerprint density at radius 3 is 2.46 bits per heavy atom. The second kappa shape index (κ2) is 8.43. The van der Waals surface area contributed by atoms with Gasteiger partial charge in [0.1, 0.15) is 6.73 Å². The molecule has 1 saturated heterocycles. The molecule has 4 fully saturated rings. The molecule has 1 aliphatic heterocycles. The number of carbonyl (C=O) groups is 1. The van der Waals surface area contributed by atoms with Crippen LogP contribution in [0.5, 0.6) is 0 Å². The molecule has 2 aromatic rings. The fraction of sp³-hybridized carbons (Fsp3) is 0.640. The molecule has 35 heavy (non-hydrogen) atoms. The summed E-state index contributed by atoms with van der Waals surface area (Å²) in [5, 5.41) is 3.81. The number of hydrogen-bond acceptors (Lipinski definition) is 4. The van der Waals surface area contributed by atoms with Gasteiger partial charge in [-0.15, -0.1) is 0 Å². The van der Waals surface area contributed by atoms with Crippen molar-refractivity contribution in [1.29, 1.82) is 0 Å². The fourth-order valence-electron chi connectivity index (χ4n) is 6.15. The second-order valence-electron chi connectivity index (χ2n) is 11.8. The third-order valence-corrected chi connectivity index (χ3v) is 9.72. The third kappa shape index (κ3) is 4.55. The van der Waals surface area contributed by atoms with Crippen LogP contribution >= 0.6 is 0 Å². The largest absolute Gasteiger partial charge is 0.435 e. The maximum atomic E-state index is 13.4. The first-order chi connectivity index (χ1) is 16.4. The van der Waals surface area contributed by atoms with Gasteiger partial charge in [-0.05, 0) is 55.5 Å². The third-order valence-electron chi connectivity index (χ3n) is 8.02. The normalized spacial score (nSPS) is 28.6. The highest BCUT2D eigenvalue weighted by Crippen LogP contribution is 2.70. The number of piperidine rings is 1. The van der Waals surface area contributed by atoms with Crippen LogP contribution in [0.25, 0.3) is 0 Å². The van der Waals surface area contributed by atoms with Gasteiger partial charge in [0.25, 0.3) is 0 Å². The fourth-order valence-corrected chi connectivity index (χ4v) is 6.91. The zero-order valence-electron chi connectivity index (χ0n) is 20.6. The molecule has 0 radical (unpaired) electrons. The van der Waals surface area contributed by atoms with Crippen molar-refractivity contribution in [3.05, 3.63) is 47.5 Å². The summed E-state index contributed by atoms with van der Waals surface area (Å²) in [7, 11) is -1.31. The summed E-state index contributed by atoms with van der Waals surface area (Å²) in [6, 6.07) is 6.15. The summed E-state index contributed by atoms with van der Waals surface area (Å²) in [6.45, 7) is 7.71. The van der Waals surface area contributed by atoms with E-state index < -0.39 is 19.9 Å². The van der Waals surface area contributed by atoms with Crippen molar-refractivity contribution in [2.75, 3.05) is 13.2 Å². The molecule has 3 aliphatic carbocycles. The van der Waals surface area contributed by atoms with E-state index in [1.807, 2.05) is 17.3 Å². The molecule has 2 bridgehead atoms. The molecule has 0 aromatic carbocycles. The molecule has 1 unspecified atom stereocenters. The van der Waals surface area contributed by atoms with E-state index in [1.54, 1.807) is 0 Å². The first-order valence-electron chi connectivity index (χ1n) is 12.3. The number of likely N-dealkylation sites (tertiary alicyclic amines) is 1. The molecule has 1 amide bonds. The van der Waals surface area contributed by atoms with E-state index in [-0.39, 0.29) is 35.9 Å². The van der Waals surface area contributed by atoms with Gasteiger partial charge in [-0.3, -0.25) is 9.78 Å². The van der Waals surface area contributed by atoms with Crippen LogP contribution in [-0.2, 0) is 27.9 Å². The standard InChI is InChI=1S/C25H33F3N4O2Si/c1-35(2,3)11-10-34-17-32-20(13-21(30-32)25(26,27)28)18-6-9-31(22(33)12-18)24-14-23(15-24,16-24)19-4-7-29-8-5-19/h4-5,7-8,13,18H,6,9-12,14-17H2,1-3H3. The van der Waals surface area contributed by atoms with Crippen LogP contribution in [0, 0.1) is 0 Å². The van der Waals surface area contributed by atoms with E-state index in [1.165, 1.54) is 10.2 Å². The van der Waals surface area contributed by atoms with Gasteiger partial charge < -0.3 is 9.64 Å². The minimum atomic E-state index is -4.53. The van der Waals surface area contributed by atoms with E-state index in [0.717, 1.165) is 31.4 Å². The molecule has 3 saturated carbocycles. The monoisotopic (exact) mass is 506 g/mol. The SMILES string of the molecule is C[Si](C)(C)CCOCn1nc(C(F)(F)F)cc1C1CCN(C23CC(c4ccncc4)(C2)C3)C(=O)C1. The van der Waals surface area contributed by atoms with Crippen LogP contribution in [-0.4, -0.2) is 52.3 Å². The number of rotatable bonds is 8. The lowest BCUT2D eigenvalue weighted by molar-refractivity contribution is -0.189. The van der Waals surface area contributed by atoms with Crippen molar-refractivity contribution >= 4 is 14.0 Å². The van der Waals surface area contributed by atoms with Crippen LogP contribution < -0.4 is 0 Å². The molecule has 10 heteroatoms. The van der Waals surface area contributed by atoms with Gasteiger partial charge in [0, 0.05) is 62.6 Å². The molecule has 0 spiro atoms. The Morgan fingerprint density at radius 1 is 1.17 bits per heavy atom. The average molecular weight is 507 g/mol. The number of nitrogens with zero attached hydrogens (tertiary/aromatic N) is 4. The van der Waals surface area contributed by atoms with Gasteiger partial charge in [-0.25, -0.2) is 4.68 Å². The van der Waals surface area contributed by atoms with Gasteiger partial charge in [-0.2, -0.15) is 18.3 Å². The summed E-state index contributed by atoms with van der Waals surface area (Å²) >= 11 is 0. The summed E-state index contributed by atoms with van der Waals surface area (Å²) < 4.78 is 47.3. The number of pyridine rings is 1. The first-order valence-corrected chi connectivity index (χ1v) is 16.1. The zero-order chi connectivity index (χ0) is 25.1. The summed E-state index contributed by atoms with van der Waals surface area (Å²) in [5.74, 6) is -0.255. The highest BCUT2D eigenvalue weighted by molar-refractivity contribution is 6.76. The van der Waals surface area contributed by atoms with E-state index >= 15 is 0 Å². The van der Waals surface area contributed by atoms with Gasteiger partial charge in [-0.1, -0.05) is 19.6 Å². The molecule has 4 aliphatic rings. The molecule has 3 heterocycles.